The molecule has 2 N–H and O–H groups in total. The van der Waals surface area contributed by atoms with Gasteiger partial charge in [-0.2, -0.15) is 5.10 Å². The van der Waals surface area contributed by atoms with Gasteiger partial charge < -0.3 is 5.32 Å². The van der Waals surface area contributed by atoms with E-state index in [1.165, 1.54) is 0 Å². The maximum absolute atomic E-state index is 12.3. The van der Waals surface area contributed by atoms with Crippen molar-refractivity contribution in [3.05, 3.63) is 33.0 Å². The molecule has 21 heavy (non-hydrogen) atoms. The van der Waals surface area contributed by atoms with Crippen LogP contribution in [0.15, 0.2) is 5.38 Å². The summed E-state index contributed by atoms with van der Waals surface area (Å²) in [6.07, 6.45) is 4.12. The smallest absolute Gasteiger partial charge is 0.255 e. The van der Waals surface area contributed by atoms with Crippen LogP contribution >= 0.6 is 11.3 Å². The van der Waals surface area contributed by atoms with Gasteiger partial charge in [-0.05, 0) is 33.1 Å². The van der Waals surface area contributed by atoms with Gasteiger partial charge in [0.15, 0.2) is 0 Å². The van der Waals surface area contributed by atoms with Crippen LogP contribution in [-0.4, -0.2) is 27.6 Å². The molecule has 2 heterocycles. The predicted molar refractivity (Wildman–Crippen MR) is 82.8 cm³/mol. The molecule has 2 aromatic rings. The molecule has 1 amide bonds. The van der Waals surface area contributed by atoms with E-state index in [0.717, 1.165) is 53.3 Å². The monoisotopic (exact) mass is 304 g/mol. The Balaban J connectivity index is 1.51. The van der Waals surface area contributed by atoms with Crippen molar-refractivity contribution in [2.24, 2.45) is 0 Å². The molecule has 0 aromatic carbocycles. The number of carbonyl (C=O) groups excluding carboxylic acids is 1. The Bertz CT molecular complexity index is 642. The van der Waals surface area contributed by atoms with Gasteiger partial charge in [0.25, 0.3) is 5.91 Å². The van der Waals surface area contributed by atoms with Gasteiger partial charge >= 0.3 is 0 Å². The van der Waals surface area contributed by atoms with Gasteiger partial charge in [-0.1, -0.05) is 0 Å². The number of aryl methyl sites for hydroxylation is 3. The lowest BCUT2D eigenvalue weighted by Gasteiger charge is -2.05. The van der Waals surface area contributed by atoms with Crippen LogP contribution in [0.2, 0.25) is 0 Å². The molecular formula is C15H20N4OS. The second-order valence-electron chi connectivity index (χ2n) is 5.63. The highest BCUT2D eigenvalue weighted by molar-refractivity contribution is 7.09. The Labute approximate surface area is 128 Å². The minimum Gasteiger partial charge on any atom is -0.352 e. The van der Waals surface area contributed by atoms with Gasteiger partial charge in [-0.3, -0.25) is 9.89 Å². The number of aromatic nitrogens is 3. The molecule has 2 aromatic heterocycles. The molecule has 5 nitrogen and oxygen atoms in total. The average molecular weight is 304 g/mol. The highest BCUT2D eigenvalue weighted by Crippen LogP contribution is 2.41. The Morgan fingerprint density at radius 3 is 2.95 bits per heavy atom. The summed E-state index contributed by atoms with van der Waals surface area (Å²) in [5, 5.41) is 13.4. The summed E-state index contributed by atoms with van der Waals surface area (Å²) in [6, 6.07) is 0. The van der Waals surface area contributed by atoms with Gasteiger partial charge in [-0.15, -0.1) is 11.3 Å². The van der Waals surface area contributed by atoms with E-state index in [4.69, 9.17) is 0 Å². The molecule has 6 heteroatoms. The molecule has 0 aliphatic heterocycles. The number of nitrogens with zero attached hydrogens (tertiary/aromatic N) is 2. The number of hydrogen-bond donors (Lipinski definition) is 2. The number of rotatable bonds is 6. The third kappa shape index (κ3) is 3.32. The number of hydrogen-bond acceptors (Lipinski definition) is 4. The molecule has 1 saturated carbocycles. The molecule has 0 radical (unpaired) electrons. The quantitative estimate of drug-likeness (QED) is 0.806. The summed E-state index contributed by atoms with van der Waals surface area (Å²) >= 11 is 1.68. The Hall–Kier alpha value is -1.69. The topological polar surface area (TPSA) is 70.7 Å². The van der Waals surface area contributed by atoms with Crippen molar-refractivity contribution in [1.29, 1.82) is 0 Å². The van der Waals surface area contributed by atoms with Crippen LogP contribution < -0.4 is 5.32 Å². The second-order valence-corrected chi connectivity index (χ2v) is 6.57. The molecule has 3 rings (SSSR count). The first-order valence-electron chi connectivity index (χ1n) is 7.39. The molecule has 1 aliphatic carbocycles. The molecule has 0 spiro atoms. The minimum absolute atomic E-state index is 0.00142. The van der Waals surface area contributed by atoms with E-state index in [-0.39, 0.29) is 5.91 Å². The number of carbonyl (C=O) groups is 1. The lowest BCUT2D eigenvalue weighted by Crippen LogP contribution is -2.26. The third-order valence-electron chi connectivity index (χ3n) is 3.69. The van der Waals surface area contributed by atoms with E-state index in [9.17, 15) is 4.79 Å². The van der Waals surface area contributed by atoms with Gasteiger partial charge in [-0.25, -0.2) is 4.98 Å². The summed E-state index contributed by atoms with van der Waals surface area (Å²) < 4.78 is 0. The fourth-order valence-corrected chi connectivity index (χ4v) is 3.25. The first-order chi connectivity index (χ1) is 10.1. The summed E-state index contributed by atoms with van der Waals surface area (Å²) in [6.45, 7) is 4.58. The van der Waals surface area contributed by atoms with E-state index in [2.05, 4.69) is 25.9 Å². The molecule has 0 bridgehead atoms. The van der Waals surface area contributed by atoms with Gasteiger partial charge in [0.2, 0.25) is 0 Å². The largest absolute Gasteiger partial charge is 0.352 e. The molecule has 1 aliphatic rings. The van der Waals surface area contributed by atoms with Crippen molar-refractivity contribution < 1.29 is 4.79 Å². The zero-order chi connectivity index (χ0) is 14.8. The molecule has 1 fully saturated rings. The van der Waals surface area contributed by atoms with Crippen LogP contribution in [-0.2, 0) is 6.42 Å². The molecular weight excluding hydrogens is 284 g/mol. The molecule has 112 valence electrons. The van der Waals surface area contributed by atoms with Crippen LogP contribution in [0.4, 0.5) is 0 Å². The molecule has 0 unspecified atom stereocenters. The normalized spacial score (nSPS) is 14.4. The van der Waals surface area contributed by atoms with Gasteiger partial charge in [0, 0.05) is 35.7 Å². The lowest BCUT2D eigenvalue weighted by molar-refractivity contribution is 0.0951. The number of nitrogens with one attached hydrogen (secondary N) is 2. The van der Waals surface area contributed by atoms with Crippen LogP contribution in [0.1, 0.15) is 57.6 Å². The standard InChI is InChI=1S/C15H20N4OS/c1-9-8-21-12(17-9)4-3-7-16-15(20)13-10(2)18-19-14(13)11-5-6-11/h8,11H,3-7H2,1-2H3,(H,16,20)(H,18,19). The van der Waals surface area contributed by atoms with E-state index < -0.39 is 0 Å². The lowest BCUT2D eigenvalue weighted by atomic mass is 10.1. The zero-order valence-corrected chi connectivity index (χ0v) is 13.2. The van der Waals surface area contributed by atoms with E-state index in [0.29, 0.717) is 12.5 Å². The van der Waals surface area contributed by atoms with Gasteiger partial charge in [0.05, 0.1) is 16.3 Å². The average Bonchev–Trinajstić information content (AvgIpc) is 3.11. The maximum atomic E-state index is 12.3. The summed E-state index contributed by atoms with van der Waals surface area (Å²) in [5.41, 5.74) is 3.63. The van der Waals surface area contributed by atoms with Crippen LogP contribution in [0.5, 0.6) is 0 Å². The van der Waals surface area contributed by atoms with E-state index in [1.807, 2.05) is 13.8 Å². The maximum Gasteiger partial charge on any atom is 0.255 e. The summed E-state index contributed by atoms with van der Waals surface area (Å²) in [7, 11) is 0. The van der Waals surface area contributed by atoms with Crippen LogP contribution in [0.3, 0.4) is 0 Å². The number of amides is 1. The fraction of sp³-hybridized carbons (Fsp3) is 0.533. The zero-order valence-electron chi connectivity index (χ0n) is 12.4. The van der Waals surface area contributed by atoms with Crippen molar-refractivity contribution in [2.75, 3.05) is 6.54 Å². The van der Waals surface area contributed by atoms with Crippen molar-refractivity contribution in [1.82, 2.24) is 20.5 Å². The number of aromatic amines is 1. The molecule has 0 atom stereocenters. The van der Waals surface area contributed by atoms with Crippen LogP contribution in [0, 0.1) is 13.8 Å². The third-order valence-corrected chi connectivity index (χ3v) is 4.71. The highest BCUT2D eigenvalue weighted by Gasteiger charge is 2.31. The first-order valence-corrected chi connectivity index (χ1v) is 8.27. The van der Waals surface area contributed by atoms with E-state index in [1.54, 1.807) is 11.3 Å². The number of thiazole rings is 1. The molecule has 0 saturated heterocycles. The Morgan fingerprint density at radius 2 is 2.29 bits per heavy atom. The Kier molecular flexibility index (Phi) is 4.05. The van der Waals surface area contributed by atoms with Crippen molar-refractivity contribution in [3.8, 4) is 0 Å². The van der Waals surface area contributed by atoms with Crippen molar-refractivity contribution in [2.45, 2.75) is 45.4 Å². The number of H-pyrrole nitrogens is 1. The van der Waals surface area contributed by atoms with Gasteiger partial charge in [0.1, 0.15) is 0 Å². The minimum atomic E-state index is -0.00142. The fourth-order valence-electron chi connectivity index (χ4n) is 2.43. The predicted octanol–water partition coefficient (Wildman–Crippen LogP) is 2.72. The highest BCUT2D eigenvalue weighted by atomic mass is 32.1. The van der Waals surface area contributed by atoms with Crippen molar-refractivity contribution in [3.63, 3.8) is 0 Å². The van der Waals surface area contributed by atoms with Crippen molar-refractivity contribution >= 4 is 17.2 Å². The SMILES string of the molecule is Cc1csc(CCCNC(=O)c2c(C3CC3)n[nH]c2C)n1. The van der Waals surface area contributed by atoms with E-state index >= 15 is 0 Å². The Morgan fingerprint density at radius 1 is 1.48 bits per heavy atom. The second kappa shape index (κ2) is 5.97. The first kappa shape index (κ1) is 14.3. The summed E-state index contributed by atoms with van der Waals surface area (Å²) in [5.74, 6) is 0.479. The summed E-state index contributed by atoms with van der Waals surface area (Å²) in [4.78, 5) is 16.7. The van der Waals surface area contributed by atoms with Crippen LogP contribution in [0.25, 0.3) is 0 Å².